The summed E-state index contributed by atoms with van der Waals surface area (Å²) in [5, 5.41) is 2.83. The van der Waals surface area contributed by atoms with Crippen molar-refractivity contribution in [3.63, 3.8) is 0 Å². The van der Waals surface area contributed by atoms with Gasteiger partial charge in [0.25, 0.3) is 0 Å². The molecular formula is C10H12N4OS2. The molecule has 0 aliphatic rings. The van der Waals surface area contributed by atoms with Gasteiger partial charge in [0.15, 0.2) is 0 Å². The van der Waals surface area contributed by atoms with Gasteiger partial charge in [-0.25, -0.2) is 0 Å². The first-order valence-electron chi connectivity index (χ1n) is 5.10. The summed E-state index contributed by atoms with van der Waals surface area (Å²) in [6.45, 7) is 0.587. The molecule has 0 fully saturated rings. The van der Waals surface area contributed by atoms with Crippen LogP contribution in [0.2, 0.25) is 0 Å². The second kappa shape index (κ2) is 5.95. The van der Waals surface area contributed by atoms with Crippen LogP contribution >= 0.6 is 23.5 Å². The summed E-state index contributed by atoms with van der Waals surface area (Å²) in [6, 6.07) is 5.55. The first-order valence-corrected chi connectivity index (χ1v) is 6.98. The minimum absolute atomic E-state index is 0.0380. The number of nitrogens with zero attached hydrogens (tertiary/aromatic N) is 2. The molecule has 1 amide bonds. The number of carbonyl (C=O) groups excluding carboxylic acids is 1. The molecule has 17 heavy (non-hydrogen) atoms. The van der Waals surface area contributed by atoms with Crippen LogP contribution in [0.4, 0.5) is 5.69 Å². The first kappa shape index (κ1) is 12.3. The van der Waals surface area contributed by atoms with Crippen LogP contribution in [0.5, 0.6) is 0 Å². The standard InChI is InChI=1S/C10H12N4OS2/c11-4-5-16-6-9(15)12-7-2-1-3-8-10(7)14-17-13-8/h1-3H,4-6,11H2,(H,12,15). The van der Waals surface area contributed by atoms with Crippen LogP contribution in [0.15, 0.2) is 18.2 Å². The minimum Gasteiger partial charge on any atom is -0.330 e. The number of amides is 1. The second-order valence-corrected chi connectivity index (χ2v) is 4.96. The van der Waals surface area contributed by atoms with Crippen LogP contribution in [-0.2, 0) is 4.79 Å². The van der Waals surface area contributed by atoms with Crippen LogP contribution in [0, 0.1) is 0 Å². The highest BCUT2D eigenvalue weighted by atomic mass is 32.2. The average molecular weight is 268 g/mol. The summed E-state index contributed by atoms with van der Waals surface area (Å²) in [7, 11) is 0. The van der Waals surface area contributed by atoms with Crippen LogP contribution in [0.1, 0.15) is 0 Å². The molecule has 0 unspecified atom stereocenters. The van der Waals surface area contributed by atoms with E-state index in [4.69, 9.17) is 5.73 Å². The predicted octanol–water partition coefficient (Wildman–Crippen LogP) is 1.32. The number of nitrogens with one attached hydrogen (secondary N) is 1. The van der Waals surface area contributed by atoms with Crippen molar-refractivity contribution in [3.8, 4) is 0 Å². The number of nitrogens with two attached hydrogens (primary N) is 1. The van der Waals surface area contributed by atoms with Crippen molar-refractivity contribution in [3.05, 3.63) is 18.2 Å². The molecule has 0 saturated heterocycles. The van der Waals surface area contributed by atoms with Crippen molar-refractivity contribution in [1.29, 1.82) is 0 Å². The molecule has 1 aromatic heterocycles. The van der Waals surface area contributed by atoms with Gasteiger partial charge in [-0.05, 0) is 12.1 Å². The summed E-state index contributed by atoms with van der Waals surface area (Å²) in [4.78, 5) is 11.6. The molecule has 2 rings (SSSR count). The molecule has 0 aliphatic heterocycles. The van der Waals surface area contributed by atoms with Gasteiger partial charge in [0.2, 0.25) is 5.91 Å². The molecule has 0 saturated carbocycles. The third-order valence-electron chi connectivity index (χ3n) is 2.06. The van der Waals surface area contributed by atoms with Crippen molar-refractivity contribution in [2.24, 2.45) is 5.73 Å². The molecule has 2 aromatic rings. The highest BCUT2D eigenvalue weighted by Gasteiger charge is 2.08. The zero-order valence-electron chi connectivity index (χ0n) is 9.05. The van der Waals surface area contributed by atoms with Gasteiger partial charge in [-0.2, -0.15) is 20.5 Å². The van der Waals surface area contributed by atoms with E-state index in [9.17, 15) is 4.79 Å². The van der Waals surface area contributed by atoms with Crippen LogP contribution in [-0.4, -0.2) is 32.7 Å². The number of carbonyl (C=O) groups is 1. The lowest BCUT2D eigenvalue weighted by Crippen LogP contribution is -2.15. The van der Waals surface area contributed by atoms with E-state index in [-0.39, 0.29) is 5.91 Å². The summed E-state index contributed by atoms with van der Waals surface area (Å²) >= 11 is 2.66. The van der Waals surface area contributed by atoms with E-state index in [1.54, 1.807) is 0 Å². The second-order valence-electron chi connectivity index (χ2n) is 3.33. The van der Waals surface area contributed by atoms with Crippen molar-refractivity contribution in [1.82, 2.24) is 8.75 Å². The zero-order chi connectivity index (χ0) is 12.1. The van der Waals surface area contributed by atoms with Gasteiger partial charge in [-0.3, -0.25) is 4.79 Å². The van der Waals surface area contributed by atoms with Crippen LogP contribution in [0.25, 0.3) is 11.0 Å². The molecule has 0 aliphatic carbocycles. The number of thioether (sulfide) groups is 1. The van der Waals surface area contributed by atoms with Crippen molar-refractivity contribution in [2.45, 2.75) is 0 Å². The number of rotatable bonds is 5. The van der Waals surface area contributed by atoms with Gasteiger partial charge in [0, 0.05) is 12.3 Å². The third kappa shape index (κ3) is 3.15. The average Bonchev–Trinajstić information content (AvgIpc) is 2.78. The highest BCUT2D eigenvalue weighted by molar-refractivity contribution is 7.99. The van der Waals surface area contributed by atoms with Crippen LogP contribution < -0.4 is 11.1 Å². The predicted molar refractivity (Wildman–Crippen MR) is 72.4 cm³/mol. The summed E-state index contributed by atoms with van der Waals surface area (Å²) < 4.78 is 8.28. The zero-order valence-corrected chi connectivity index (χ0v) is 10.7. The summed E-state index contributed by atoms with van der Waals surface area (Å²) in [6.07, 6.45) is 0. The Morgan fingerprint density at radius 3 is 3.18 bits per heavy atom. The highest BCUT2D eigenvalue weighted by Crippen LogP contribution is 2.21. The molecule has 0 spiro atoms. The van der Waals surface area contributed by atoms with Gasteiger partial charge in [0.1, 0.15) is 11.0 Å². The number of benzene rings is 1. The van der Waals surface area contributed by atoms with Gasteiger partial charge in [-0.15, -0.1) is 0 Å². The fourth-order valence-electron chi connectivity index (χ4n) is 1.34. The third-order valence-corrected chi connectivity index (χ3v) is 3.59. The topological polar surface area (TPSA) is 80.9 Å². The Labute approximate surface area is 107 Å². The Hall–Kier alpha value is -1.18. The Morgan fingerprint density at radius 2 is 2.35 bits per heavy atom. The first-order chi connectivity index (χ1) is 8.31. The number of fused-ring (bicyclic) bond motifs is 1. The maximum Gasteiger partial charge on any atom is 0.234 e. The SMILES string of the molecule is NCCSCC(=O)Nc1cccc2nsnc12. The van der Waals surface area contributed by atoms with Gasteiger partial charge >= 0.3 is 0 Å². The number of anilines is 1. The molecule has 5 nitrogen and oxygen atoms in total. The summed E-state index contributed by atoms with van der Waals surface area (Å²) in [5.74, 6) is 1.16. The largest absolute Gasteiger partial charge is 0.330 e. The number of aromatic nitrogens is 2. The van der Waals surface area contributed by atoms with Crippen LogP contribution in [0.3, 0.4) is 0 Å². The lowest BCUT2D eigenvalue weighted by molar-refractivity contribution is -0.113. The van der Waals surface area contributed by atoms with Crippen molar-refractivity contribution >= 4 is 46.1 Å². The quantitative estimate of drug-likeness (QED) is 0.799. The monoisotopic (exact) mass is 268 g/mol. The molecule has 90 valence electrons. The molecule has 7 heteroatoms. The fourth-order valence-corrected chi connectivity index (χ4v) is 2.46. The maximum atomic E-state index is 11.6. The lowest BCUT2D eigenvalue weighted by atomic mass is 10.2. The molecule has 3 N–H and O–H groups in total. The fraction of sp³-hybridized carbons (Fsp3) is 0.300. The molecule has 1 heterocycles. The van der Waals surface area contributed by atoms with E-state index in [0.29, 0.717) is 12.3 Å². The molecule has 0 bridgehead atoms. The van der Waals surface area contributed by atoms with Crippen molar-refractivity contribution in [2.75, 3.05) is 23.4 Å². The van der Waals surface area contributed by atoms with Gasteiger partial charge in [-0.1, -0.05) is 6.07 Å². The van der Waals surface area contributed by atoms with E-state index >= 15 is 0 Å². The lowest BCUT2D eigenvalue weighted by Gasteiger charge is -2.04. The van der Waals surface area contributed by atoms with E-state index < -0.39 is 0 Å². The molecule has 0 radical (unpaired) electrons. The Morgan fingerprint density at radius 1 is 1.47 bits per heavy atom. The normalized spacial score (nSPS) is 10.6. The maximum absolute atomic E-state index is 11.6. The molecule has 1 aromatic carbocycles. The summed E-state index contributed by atoms with van der Waals surface area (Å²) in [5.41, 5.74) is 7.63. The van der Waals surface area contributed by atoms with Gasteiger partial charge in [0.05, 0.1) is 23.2 Å². The van der Waals surface area contributed by atoms with E-state index in [1.165, 1.54) is 11.8 Å². The van der Waals surface area contributed by atoms with E-state index in [2.05, 4.69) is 14.1 Å². The minimum atomic E-state index is -0.0380. The Balaban J connectivity index is 2.03. The Kier molecular flexibility index (Phi) is 4.29. The van der Waals surface area contributed by atoms with Crippen molar-refractivity contribution < 1.29 is 4.79 Å². The van der Waals surface area contributed by atoms with E-state index in [0.717, 1.165) is 34.2 Å². The molecule has 0 atom stereocenters. The van der Waals surface area contributed by atoms with Gasteiger partial charge < -0.3 is 11.1 Å². The number of hydrogen-bond acceptors (Lipinski definition) is 6. The smallest absolute Gasteiger partial charge is 0.234 e. The Bertz CT molecular complexity index is 514. The molecular weight excluding hydrogens is 256 g/mol. The number of hydrogen-bond donors (Lipinski definition) is 2. The van der Waals surface area contributed by atoms with E-state index in [1.807, 2.05) is 18.2 Å².